The van der Waals surface area contributed by atoms with Gasteiger partial charge < -0.3 is 10.4 Å². The monoisotopic (exact) mass is 407 g/mol. The number of aromatic hydroxyl groups is 1. The van der Waals surface area contributed by atoms with E-state index in [0.29, 0.717) is 16.3 Å². The summed E-state index contributed by atoms with van der Waals surface area (Å²) in [7, 11) is 0. The molecule has 2 aromatic carbocycles. The number of anilines is 1. The van der Waals surface area contributed by atoms with Gasteiger partial charge in [0.05, 0.1) is 10.6 Å². The first-order chi connectivity index (χ1) is 8.97. The van der Waals surface area contributed by atoms with E-state index in [0.717, 1.165) is 3.57 Å². The fourth-order valence-electron chi connectivity index (χ4n) is 1.46. The molecule has 0 radical (unpaired) electrons. The van der Waals surface area contributed by atoms with Crippen LogP contribution in [-0.2, 0) is 0 Å². The second-order valence-corrected chi connectivity index (χ2v) is 5.75. The van der Waals surface area contributed by atoms with E-state index in [1.165, 1.54) is 12.1 Å². The standard InChI is InChI=1S/C13H8Cl2INO2/c14-7-1-4-11(16)9(5-7)13(19)17-8-2-3-10(15)12(18)6-8/h1-6,18H,(H,17,19). The maximum atomic E-state index is 12.1. The Morgan fingerprint density at radius 3 is 2.58 bits per heavy atom. The number of phenols is 1. The zero-order chi connectivity index (χ0) is 14.0. The molecule has 0 aromatic heterocycles. The molecular formula is C13H8Cl2INO2. The van der Waals surface area contributed by atoms with Crippen LogP contribution >= 0.6 is 45.8 Å². The Hall–Kier alpha value is -0.980. The Balaban J connectivity index is 2.25. The van der Waals surface area contributed by atoms with E-state index in [-0.39, 0.29) is 16.7 Å². The van der Waals surface area contributed by atoms with Gasteiger partial charge in [-0.15, -0.1) is 0 Å². The summed E-state index contributed by atoms with van der Waals surface area (Å²) < 4.78 is 0.790. The molecule has 0 unspecified atom stereocenters. The summed E-state index contributed by atoms with van der Waals surface area (Å²) >= 11 is 13.6. The number of hydrogen-bond donors (Lipinski definition) is 2. The van der Waals surface area contributed by atoms with Crippen LogP contribution in [0.25, 0.3) is 0 Å². The number of halogens is 3. The molecule has 2 rings (SSSR count). The van der Waals surface area contributed by atoms with Crippen LogP contribution in [0, 0.1) is 3.57 Å². The van der Waals surface area contributed by atoms with Crippen molar-refractivity contribution in [3.63, 3.8) is 0 Å². The first-order valence-electron chi connectivity index (χ1n) is 5.22. The molecule has 6 heteroatoms. The molecule has 98 valence electrons. The largest absolute Gasteiger partial charge is 0.506 e. The van der Waals surface area contributed by atoms with Gasteiger partial charge in [-0.1, -0.05) is 23.2 Å². The third-order valence-electron chi connectivity index (χ3n) is 2.38. The van der Waals surface area contributed by atoms with Gasteiger partial charge in [0.15, 0.2) is 0 Å². The Kier molecular flexibility index (Phi) is 4.54. The third kappa shape index (κ3) is 3.52. The predicted octanol–water partition coefficient (Wildman–Crippen LogP) is 4.56. The lowest BCUT2D eigenvalue weighted by molar-refractivity contribution is 0.102. The van der Waals surface area contributed by atoms with Crippen molar-refractivity contribution in [1.29, 1.82) is 0 Å². The summed E-state index contributed by atoms with van der Waals surface area (Å²) in [5, 5.41) is 12.9. The van der Waals surface area contributed by atoms with E-state index < -0.39 is 0 Å². The SMILES string of the molecule is O=C(Nc1ccc(Cl)c(O)c1)c1cc(Cl)ccc1I. The highest BCUT2D eigenvalue weighted by molar-refractivity contribution is 14.1. The van der Waals surface area contributed by atoms with Gasteiger partial charge in [-0.3, -0.25) is 4.79 Å². The summed E-state index contributed by atoms with van der Waals surface area (Å²) in [5.74, 6) is -0.381. The maximum absolute atomic E-state index is 12.1. The second-order valence-electron chi connectivity index (χ2n) is 3.74. The molecule has 0 atom stereocenters. The number of benzene rings is 2. The zero-order valence-corrected chi connectivity index (χ0v) is 13.1. The highest BCUT2D eigenvalue weighted by atomic mass is 127. The number of amides is 1. The van der Waals surface area contributed by atoms with Crippen LogP contribution in [0.3, 0.4) is 0 Å². The molecule has 0 saturated carbocycles. The molecule has 0 spiro atoms. The highest BCUT2D eigenvalue weighted by Gasteiger charge is 2.11. The van der Waals surface area contributed by atoms with Crippen molar-refractivity contribution in [2.75, 3.05) is 5.32 Å². The lowest BCUT2D eigenvalue weighted by Gasteiger charge is -2.08. The van der Waals surface area contributed by atoms with Gasteiger partial charge in [0.2, 0.25) is 0 Å². The minimum absolute atomic E-state index is 0.0831. The molecule has 0 aliphatic carbocycles. The van der Waals surface area contributed by atoms with Crippen LogP contribution in [0.1, 0.15) is 10.4 Å². The fraction of sp³-hybridized carbons (Fsp3) is 0. The number of rotatable bonds is 2. The van der Waals surface area contributed by atoms with Crippen molar-refractivity contribution in [2.45, 2.75) is 0 Å². The van der Waals surface area contributed by atoms with Crippen LogP contribution in [0.2, 0.25) is 10.0 Å². The third-order valence-corrected chi connectivity index (χ3v) is 3.87. The summed E-state index contributed by atoms with van der Waals surface area (Å²) in [4.78, 5) is 12.1. The second kappa shape index (κ2) is 5.98. The van der Waals surface area contributed by atoms with Crippen LogP contribution in [0.5, 0.6) is 5.75 Å². The van der Waals surface area contributed by atoms with Crippen molar-refractivity contribution < 1.29 is 9.90 Å². The summed E-state index contributed by atoms with van der Waals surface area (Å²) in [5.41, 5.74) is 0.935. The highest BCUT2D eigenvalue weighted by Crippen LogP contribution is 2.27. The lowest BCUT2D eigenvalue weighted by Crippen LogP contribution is -2.13. The molecule has 0 bridgehead atoms. The zero-order valence-electron chi connectivity index (χ0n) is 9.45. The first-order valence-corrected chi connectivity index (χ1v) is 7.06. The normalized spacial score (nSPS) is 10.3. The molecule has 0 aliphatic rings. The number of hydrogen-bond acceptors (Lipinski definition) is 2. The van der Waals surface area contributed by atoms with Crippen molar-refractivity contribution in [3.8, 4) is 5.75 Å². The van der Waals surface area contributed by atoms with E-state index in [1.807, 2.05) is 0 Å². The van der Waals surface area contributed by atoms with Gasteiger partial charge in [-0.25, -0.2) is 0 Å². The molecule has 2 aromatic rings. The lowest BCUT2D eigenvalue weighted by atomic mass is 10.2. The van der Waals surface area contributed by atoms with Gasteiger partial charge in [0.25, 0.3) is 5.91 Å². The van der Waals surface area contributed by atoms with E-state index in [1.54, 1.807) is 24.3 Å². The Bertz CT molecular complexity index is 647. The van der Waals surface area contributed by atoms with Crippen LogP contribution in [0.15, 0.2) is 36.4 Å². The van der Waals surface area contributed by atoms with Crippen LogP contribution in [-0.4, -0.2) is 11.0 Å². The van der Waals surface area contributed by atoms with Gasteiger partial charge in [-0.2, -0.15) is 0 Å². The van der Waals surface area contributed by atoms with E-state index >= 15 is 0 Å². The molecular weight excluding hydrogens is 400 g/mol. The smallest absolute Gasteiger partial charge is 0.256 e. The van der Waals surface area contributed by atoms with Crippen LogP contribution in [0.4, 0.5) is 5.69 Å². The summed E-state index contributed by atoms with van der Waals surface area (Å²) in [6.45, 7) is 0. The molecule has 0 fully saturated rings. The van der Waals surface area contributed by atoms with Gasteiger partial charge in [0.1, 0.15) is 5.75 Å². The maximum Gasteiger partial charge on any atom is 0.256 e. The molecule has 2 N–H and O–H groups in total. The average Bonchev–Trinajstić information content (AvgIpc) is 2.36. The minimum atomic E-state index is -0.298. The van der Waals surface area contributed by atoms with Crippen molar-refractivity contribution in [2.24, 2.45) is 0 Å². The van der Waals surface area contributed by atoms with Gasteiger partial charge >= 0.3 is 0 Å². The first kappa shape index (κ1) is 14.4. The van der Waals surface area contributed by atoms with Gasteiger partial charge in [0, 0.05) is 20.3 Å². The van der Waals surface area contributed by atoms with Crippen LogP contribution < -0.4 is 5.32 Å². The number of phenolic OH excluding ortho intramolecular Hbond substituents is 1. The quantitative estimate of drug-likeness (QED) is 0.717. The van der Waals surface area contributed by atoms with E-state index in [2.05, 4.69) is 27.9 Å². The predicted molar refractivity (Wildman–Crippen MR) is 85.2 cm³/mol. The Morgan fingerprint density at radius 1 is 1.16 bits per heavy atom. The molecule has 0 saturated heterocycles. The Morgan fingerprint density at radius 2 is 1.89 bits per heavy atom. The average molecular weight is 408 g/mol. The molecule has 1 amide bonds. The number of carbonyl (C=O) groups is 1. The minimum Gasteiger partial charge on any atom is -0.506 e. The number of nitrogens with one attached hydrogen (secondary N) is 1. The summed E-state index contributed by atoms with van der Waals surface area (Å²) in [6, 6.07) is 9.57. The molecule has 3 nitrogen and oxygen atoms in total. The van der Waals surface area contributed by atoms with E-state index in [9.17, 15) is 9.90 Å². The molecule has 19 heavy (non-hydrogen) atoms. The summed E-state index contributed by atoms with van der Waals surface area (Å²) in [6.07, 6.45) is 0. The van der Waals surface area contributed by atoms with Crippen molar-refractivity contribution in [1.82, 2.24) is 0 Å². The Labute approximate surface area is 133 Å². The number of carbonyl (C=O) groups excluding carboxylic acids is 1. The van der Waals surface area contributed by atoms with E-state index in [4.69, 9.17) is 23.2 Å². The van der Waals surface area contributed by atoms with Gasteiger partial charge in [-0.05, 0) is 52.9 Å². The van der Waals surface area contributed by atoms with Crippen molar-refractivity contribution >= 4 is 57.4 Å². The van der Waals surface area contributed by atoms with Crippen molar-refractivity contribution in [3.05, 3.63) is 55.6 Å². The topological polar surface area (TPSA) is 49.3 Å². The molecule has 0 heterocycles. The molecule has 0 aliphatic heterocycles. The fourth-order valence-corrected chi connectivity index (χ4v) is 2.33.